The summed E-state index contributed by atoms with van der Waals surface area (Å²) in [6, 6.07) is 5.19. The minimum atomic E-state index is -1.02. The molecule has 1 rings (SSSR count). The van der Waals surface area contributed by atoms with Crippen LogP contribution in [0, 0.1) is 11.8 Å². The van der Waals surface area contributed by atoms with E-state index in [-0.39, 0.29) is 0 Å². The molecule has 80 valence electrons. The van der Waals surface area contributed by atoms with Gasteiger partial charge in [-0.05, 0) is 32.0 Å². The Hall–Kier alpha value is -1.17. The third kappa shape index (κ3) is 3.83. The van der Waals surface area contributed by atoms with Gasteiger partial charge >= 0.3 is 0 Å². The number of aliphatic hydroxyl groups is 1. The van der Waals surface area contributed by atoms with Gasteiger partial charge in [0.2, 0.25) is 0 Å². The zero-order valence-electron chi connectivity index (χ0n) is 8.97. The van der Waals surface area contributed by atoms with E-state index < -0.39 is 5.60 Å². The molecule has 0 heterocycles. The minimum absolute atomic E-state index is 0.593. The van der Waals surface area contributed by atoms with Crippen molar-refractivity contribution in [2.75, 3.05) is 7.11 Å². The fraction of sp³-hybridized carbons (Fsp3) is 0.333. The first-order valence-corrected chi connectivity index (χ1v) is 4.89. The van der Waals surface area contributed by atoms with Crippen molar-refractivity contribution in [3.05, 3.63) is 28.8 Å². The maximum Gasteiger partial charge on any atom is 0.134 e. The Labute approximate surface area is 94.8 Å². The average molecular weight is 225 g/mol. The van der Waals surface area contributed by atoms with E-state index in [0.717, 1.165) is 0 Å². The van der Waals surface area contributed by atoms with Crippen molar-refractivity contribution in [3.63, 3.8) is 0 Å². The molecule has 0 saturated heterocycles. The molecule has 0 radical (unpaired) electrons. The van der Waals surface area contributed by atoms with Gasteiger partial charge < -0.3 is 9.84 Å². The number of methoxy groups -OCH3 is 1. The zero-order valence-corrected chi connectivity index (χ0v) is 9.72. The van der Waals surface area contributed by atoms with Crippen LogP contribution in [0.1, 0.15) is 19.4 Å². The largest absolute Gasteiger partial charge is 0.495 e. The topological polar surface area (TPSA) is 29.5 Å². The van der Waals surface area contributed by atoms with E-state index in [1.54, 1.807) is 39.2 Å². The van der Waals surface area contributed by atoms with E-state index in [9.17, 15) is 5.11 Å². The van der Waals surface area contributed by atoms with Crippen LogP contribution in [0.4, 0.5) is 0 Å². The summed E-state index contributed by atoms with van der Waals surface area (Å²) in [4.78, 5) is 0. The van der Waals surface area contributed by atoms with Gasteiger partial charge in [-0.2, -0.15) is 0 Å². The van der Waals surface area contributed by atoms with Gasteiger partial charge in [0.05, 0.1) is 12.7 Å². The maximum atomic E-state index is 9.46. The number of benzene rings is 1. The summed E-state index contributed by atoms with van der Waals surface area (Å²) in [6.07, 6.45) is 0. The first kappa shape index (κ1) is 11.9. The van der Waals surface area contributed by atoms with Crippen molar-refractivity contribution in [3.8, 4) is 17.6 Å². The maximum absolute atomic E-state index is 9.46. The van der Waals surface area contributed by atoms with Gasteiger partial charge in [-0.3, -0.25) is 0 Å². The molecule has 0 saturated carbocycles. The SMILES string of the molecule is COc1ccc(Cl)cc1C#CC(C)(C)O. The van der Waals surface area contributed by atoms with Gasteiger partial charge in [0.25, 0.3) is 0 Å². The monoisotopic (exact) mass is 224 g/mol. The lowest BCUT2D eigenvalue weighted by Gasteiger charge is -2.07. The second-order valence-electron chi connectivity index (χ2n) is 3.65. The van der Waals surface area contributed by atoms with Crippen molar-refractivity contribution >= 4 is 11.6 Å². The van der Waals surface area contributed by atoms with E-state index in [1.165, 1.54) is 0 Å². The molecular formula is C12H13ClO2. The third-order valence-electron chi connectivity index (χ3n) is 1.66. The molecule has 1 N–H and O–H groups in total. The lowest BCUT2D eigenvalue weighted by molar-refractivity contribution is 0.143. The molecule has 0 atom stereocenters. The Morgan fingerprint density at radius 1 is 1.40 bits per heavy atom. The highest BCUT2D eigenvalue weighted by Gasteiger charge is 2.07. The van der Waals surface area contributed by atoms with Crippen LogP contribution in [-0.4, -0.2) is 17.8 Å². The van der Waals surface area contributed by atoms with Crippen LogP contribution in [0.25, 0.3) is 0 Å². The standard InChI is InChI=1S/C12H13ClO2/c1-12(2,14)7-6-9-8-10(13)4-5-11(9)15-3/h4-5,8,14H,1-3H3. The predicted octanol–water partition coefficient (Wildman–Crippen LogP) is 2.47. The highest BCUT2D eigenvalue weighted by molar-refractivity contribution is 6.30. The molecule has 0 aromatic heterocycles. The molecule has 0 fully saturated rings. The first-order valence-electron chi connectivity index (χ1n) is 4.51. The number of hydrogen-bond donors (Lipinski definition) is 1. The van der Waals surface area contributed by atoms with Gasteiger partial charge in [0, 0.05) is 5.02 Å². The molecule has 0 aliphatic rings. The minimum Gasteiger partial charge on any atom is -0.495 e. The molecule has 0 bridgehead atoms. The second kappa shape index (κ2) is 4.57. The van der Waals surface area contributed by atoms with Crippen LogP contribution in [0.2, 0.25) is 5.02 Å². The van der Waals surface area contributed by atoms with Crippen LogP contribution in [0.15, 0.2) is 18.2 Å². The fourth-order valence-corrected chi connectivity index (χ4v) is 1.17. The summed E-state index contributed by atoms with van der Waals surface area (Å²) < 4.78 is 5.12. The van der Waals surface area contributed by atoms with E-state index in [1.807, 2.05) is 0 Å². The van der Waals surface area contributed by atoms with E-state index in [4.69, 9.17) is 16.3 Å². The number of hydrogen-bond acceptors (Lipinski definition) is 2. The van der Waals surface area contributed by atoms with Gasteiger partial charge in [-0.1, -0.05) is 23.4 Å². The first-order chi connectivity index (χ1) is 6.92. The zero-order chi connectivity index (χ0) is 11.5. The molecule has 0 spiro atoms. The van der Waals surface area contributed by atoms with Crippen LogP contribution in [-0.2, 0) is 0 Å². The van der Waals surface area contributed by atoms with Gasteiger partial charge in [-0.25, -0.2) is 0 Å². The summed E-state index contributed by atoms with van der Waals surface area (Å²) in [5.74, 6) is 6.19. The van der Waals surface area contributed by atoms with Crippen LogP contribution in [0.5, 0.6) is 5.75 Å². The normalized spacial score (nSPS) is 10.5. The lowest BCUT2D eigenvalue weighted by Crippen LogP contribution is -2.14. The molecule has 0 unspecified atom stereocenters. The van der Waals surface area contributed by atoms with Crippen molar-refractivity contribution in [1.29, 1.82) is 0 Å². The Kier molecular flexibility index (Phi) is 3.62. The van der Waals surface area contributed by atoms with E-state index in [0.29, 0.717) is 16.3 Å². The number of rotatable bonds is 1. The smallest absolute Gasteiger partial charge is 0.134 e. The summed E-state index contributed by atoms with van der Waals surface area (Å²) in [5.41, 5.74) is -0.347. The van der Waals surface area contributed by atoms with E-state index >= 15 is 0 Å². The molecule has 0 aliphatic heterocycles. The molecule has 0 aliphatic carbocycles. The molecular weight excluding hydrogens is 212 g/mol. The fourth-order valence-electron chi connectivity index (χ4n) is 0.998. The quantitative estimate of drug-likeness (QED) is 0.743. The molecule has 1 aromatic carbocycles. The molecule has 0 amide bonds. The predicted molar refractivity (Wildman–Crippen MR) is 61.2 cm³/mol. The summed E-state index contributed by atoms with van der Waals surface area (Å²) in [7, 11) is 1.57. The van der Waals surface area contributed by atoms with Crippen molar-refractivity contribution in [1.82, 2.24) is 0 Å². The van der Waals surface area contributed by atoms with Crippen molar-refractivity contribution < 1.29 is 9.84 Å². The van der Waals surface area contributed by atoms with Crippen molar-refractivity contribution in [2.24, 2.45) is 0 Å². The summed E-state index contributed by atoms with van der Waals surface area (Å²) in [5, 5.41) is 10.1. The van der Waals surface area contributed by atoms with Crippen LogP contribution < -0.4 is 4.74 Å². The molecule has 2 nitrogen and oxygen atoms in total. The van der Waals surface area contributed by atoms with Crippen LogP contribution in [0.3, 0.4) is 0 Å². The molecule has 3 heteroatoms. The average Bonchev–Trinajstić information content (AvgIpc) is 2.14. The lowest BCUT2D eigenvalue weighted by atomic mass is 10.1. The summed E-state index contributed by atoms with van der Waals surface area (Å²) in [6.45, 7) is 3.24. The number of ether oxygens (including phenoxy) is 1. The highest BCUT2D eigenvalue weighted by atomic mass is 35.5. The van der Waals surface area contributed by atoms with Gasteiger partial charge in [-0.15, -0.1) is 0 Å². The Morgan fingerprint density at radius 3 is 2.60 bits per heavy atom. The van der Waals surface area contributed by atoms with Crippen molar-refractivity contribution in [2.45, 2.75) is 19.4 Å². The second-order valence-corrected chi connectivity index (χ2v) is 4.09. The molecule has 1 aromatic rings. The Bertz CT molecular complexity index is 408. The highest BCUT2D eigenvalue weighted by Crippen LogP contribution is 2.21. The molecule has 15 heavy (non-hydrogen) atoms. The summed E-state index contributed by atoms with van der Waals surface area (Å²) >= 11 is 5.84. The van der Waals surface area contributed by atoms with Gasteiger partial charge in [0.15, 0.2) is 0 Å². The van der Waals surface area contributed by atoms with Gasteiger partial charge in [0.1, 0.15) is 11.4 Å². The van der Waals surface area contributed by atoms with E-state index in [2.05, 4.69) is 11.8 Å². The van der Waals surface area contributed by atoms with Crippen LogP contribution >= 0.6 is 11.6 Å². The third-order valence-corrected chi connectivity index (χ3v) is 1.90. The Balaban J connectivity index is 3.11. The Morgan fingerprint density at radius 2 is 2.07 bits per heavy atom. The number of halogens is 1.